The van der Waals surface area contributed by atoms with Crippen LogP contribution in [0.3, 0.4) is 0 Å². The van der Waals surface area contributed by atoms with Crippen molar-refractivity contribution in [3.8, 4) is 0 Å². The number of likely N-dealkylation sites (N-methyl/N-ethyl adjacent to an activating group) is 1. The molecule has 2 aromatic carbocycles. The molecule has 0 aromatic heterocycles. The van der Waals surface area contributed by atoms with Crippen LogP contribution >= 0.6 is 0 Å². The fourth-order valence-electron chi connectivity index (χ4n) is 5.52. The van der Waals surface area contributed by atoms with Gasteiger partial charge in [0.25, 0.3) is 5.91 Å². The average Bonchev–Trinajstić information content (AvgIpc) is 3.15. The quantitative estimate of drug-likeness (QED) is 0.455. The SMILES string of the molecule is CC(C)[C@@H](NC(=O)c1cc(C(F)(F)F)ccc1F)C(=O)N1CCC2(CC1)C(=O)N(C)CN2c1ccc(NS(C)(=O)=O)cc1. The summed E-state index contributed by atoms with van der Waals surface area (Å²) in [5.41, 5.74) is -1.92. The number of hydrogen-bond acceptors (Lipinski definition) is 6. The minimum atomic E-state index is -4.78. The molecule has 2 aliphatic heterocycles. The zero-order chi connectivity index (χ0) is 31.9. The van der Waals surface area contributed by atoms with Crippen molar-refractivity contribution in [2.75, 3.05) is 42.7 Å². The Morgan fingerprint density at radius 3 is 2.16 bits per heavy atom. The number of alkyl halides is 3. The molecule has 0 radical (unpaired) electrons. The van der Waals surface area contributed by atoms with Crippen LogP contribution < -0.4 is 14.9 Å². The highest BCUT2D eigenvalue weighted by atomic mass is 32.2. The van der Waals surface area contributed by atoms with E-state index >= 15 is 0 Å². The third kappa shape index (κ3) is 6.71. The first-order valence-corrected chi connectivity index (χ1v) is 15.4. The third-order valence-corrected chi connectivity index (χ3v) is 8.36. The first kappa shape index (κ1) is 32.0. The van der Waals surface area contributed by atoms with Crippen molar-refractivity contribution in [1.82, 2.24) is 15.1 Å². The molecule has 43 heavy (non-hydrogen) atoms. The highest BCUT2D eigenvalue weighted by molar-refractivity contribution is 7.92. The lowest BCUT2D eigenvalue weighted by Gasteiger charge is -2.44. The van der Waals surface area contributed by atoms with E-state index in [1.165, 1.54) is 4.90 Å². The molecule has 4 rings (SSSR count). The first-order chi connectivity index (χ1) is 19.9. The highest BCUT2D eigenvalue weighted by Crippen LogP contribution is 2.39. The fraction of sp³-hybridized carbons (Fsp3) is 0.464. The lowest BCUT2D eigenvalue weighted by molar-refractivity contribution is -0.139. The van der Waals surface area contributed by atoms with E-state index < -0.39 is 62.5 Å². The molecule has 2 N–H and O–H groups in total. The number of carbonyl (C=O) groups excluding carboxylic acids is 3. The van der Waals surface area contributed by atoms with Crippen molar-refractivity contribution in [3.63, 3.8) is 0 Å². The predicted molar refractivity (Wildman–Crippen MR) is 151 cm³/mol. The van der Waals surface area contributed by atoms with Gasteiger partial charge in [-0.3, -0.25) is 19.1 Å². The van der Waals surface area contributed by atoms with E-state index in [9.17, 15) is 40.4 Å². The van der Waals surface area contributed by atoms with Crippen molar-refractivity contribution in [2.24, 2.45) is 5.92 Å². The zero-order valence-corrected chi connectivity index (χ0v) is 24.9. The minimum Gasteiger partial charge on any atom is -0.341 e. The summed E-state index contributed by atoms with van der Waals surface area (Å²) in [6.45, 7) is 3.88. The Morgan fingerprint density at radius 1 is 1.02 bits per heavy atom. The van der Waals surface area contributed by atoms with Gasteiger partial charge in [0.2, 0.25) is 21.8 Å². The predicted octanol–water partition coefficient (Wildman–Crippen LogP) is 3.27. The molecule has 2 fully saturated rings. The normalized spacial score (nSPS) is 17.9. The monoisotopic (exact) mass is 627 g/mol. The van der Waals surface area contributed by atoms with Gasteiger partial charge in [0, 0.05) is 31.5 Å². The first-order valence-electron chi connectivity index (χ1n) is 13.5. The van der Waals surface area contributed by atoms with Gasteiger partial charge in [-0.25, -0.2) is 12.8 Å². The Balaban J connectivity index is 1.50. The molecule has 2 heterocycles. The zero-order valence-electron chi connectivity index (χ0n) is 24.0. The number of carbonyl (C=O) groups is 3. The standard InChI is InChI=1S/C28H33F4N5O5S/c1-17(2)23(33-24(38)21-15-18(28(30,31)32)5-10-22(21)29)25(39)36-13-11-27(12-14-36)26(40)35(3)16-37(27)20-8-6-19(7-9-20)34-43(4,41)42/h5-10,15,17,23,34H,11-14,16H2,1-4H3,(H,33,38)/t23-/m1/s1. The van der Waals surface area contributed by atoms with Crippen molar-refractivity contribution in [2.45, 2.75) is 44.4 Å². The number of anilines is 2. The second-order valence-electron chi connectivity index (χ2n) is 11.2. The van der Waals surface area contributed by atoms with Gasteiger partial charge >= 0.3 is 6.18 Å². The molecule has 3 amide bonds. The van der Waals surface area contributed by atoms with E-state index in [1.807, 2.05) is 4.90 Å². The smallest absolute Gasteiger partial charge is 0.341 e. The number of piperidine rings is 1. The third-order valence-electron chi connectivity index (χ3n) is 7.76. The summed E-state index contributed by atoms with van der Waals surface area (Å²) in [6.07, 6.45) is -3.23. The molecule has 1 atom stereocenters. The molecule has 1 spiro atoms. The summed E-state index contributed by atoms with van der Waals surface area (Å²) in [5, 5.41) is 2.41. The van der Waals surface area contributed by atoms with Crippen molar-refractivity contribution in [1.29, 1.82) is 0 Å². The lowest BCUT2D eigenvalue weighted by Crippen LogP contribution is -2.60. The Kier molecular flexibility index (Phi) is 8.69. The van der Waals surface area contributed by atoms with Crippen LogP contribution in [0, 0.1) is 11.7 Å². The van der Waals surface area contributed by atoms with E-state index in [0.29, 0.717) is 29.6 Å². The summed E-state index contributed by atoms with van der Waals surface area (Å²) in [5.74, 6) is -3.39. The van der Waals surface area contributed by atoms with E-state index in [1.54, 1.807) is 50.1 Å². The van der Waals surface area contributed by atoms with Crippen LogP contribution in [0.5, 0.6) is 0 Å². The number of sulfonamides is 1. The number of hydrogen-bond donors (Lipinski definition) is 2. The number of nitrogens with zero attached hydrogens (tertiary/aromatic N) is 3. The average molecular weight is 628 g/mol. The Labute approximate surface area is 247 Å². The van der Waals surface area contributed by atoms with E-state index in [-0.39, 0.29) is 38.5 Å². The van der Waals surface area contributed by atoms with E-state index in [0.717, 1.165) is 6.26 Å². The molecule has 0 aliphatic carbocycles. The molecule has 234 valence electrons. The van der Waals surface area contributed by atoms with Crippen molar-refractivity contribution >= 4 is 39.1 Å². The second-order valence-corrected chi connectivity index (χ2v) is 13.0. The number of likely N-dealkylation sites (tertiary alicyclic amines) is 1. The molecule has 2 saturated heterocycles. The molecule has 10 nitrogen and oxygen atoms in total. The van der Waals surface area contributed by atoms with E-state index in [2.05, 4.69) is 10.0 Å². The van der Waals surface area contributed by atoms with Gasteiger partial charge < -0.3 is 20.0 Å². The minimum absolute atomic E-state index is 0.133. The molecule has 2 aliphatic rings. The van der Waals surface area contributed by atoms with Crippen LogP contribution in [-0.4, -0.2) is 80.6 Å². The van der Waals surface area contributed by atoms with Gasteiger partial charge in [-0.1, -0.05) is 13.8 Å². The van der Waals surface area contributed by atoms with Crippen molar-refractivity contribution < 1.29 is 40.4 Å². The molecule has 0 saturated carbocycles. The van der Waals surface area contributed by atoms with Gasteiger partial charge in [0.1, 0.15) is 17.4 Å². The Bertz CT molecular complexity index is 1510. The van der Waals surface area contributed by atoms with Crippen LogP contribution in [0.25, 0.3) is 0 Å². The largest absolute Gasteiger partial charge is 0.416 e. The van der Waals surface area contributed by atoms with Crippen LogP contribution in [-0.2, 0) is 25.8 Å². The van der Waals surface area contributed by atoms with E-state index in [4.69, 9.17) is 0 Å². The Morgan fingerprint density at radius 2 is 1.63 bits per heavy atom. The summed E-state index contributed by atoms with van der Waals surface area (Å²) < 4.78 is 79.3. The molecule has 2 aromatic rings. The van der Waals surface area contributed by atoms with Gasteiger partial charge in [-0.15, -0.1) is 0 Å². The summed E-state index contributed by atoms with van der Waals surface area (Å²) in [7, 11) is -1.80. The molecular formula is C28H33F4N5O5S. The summed E-state index contributed by atoms with van der Waals surface area (Å²) in [4.78, 5) is 44.8. The van der Waals surface area contributed by atoms with Gasteiger partial charge in [-0.05, 0) is 61.2 Å². The lowest BCUT2D eigenvalue weighted by atomic mass is 9.85. The number of benzene rings is 2. The summed E-state index contributed by atoms with van der Waals surface area (Å²) in [6, 6.07) is 6.95. The second kappa shape index (κ2) is 11.7. The maximum Gasteiger partial charge on any atom is 0.416 e. The highest BCUT2D eigenvalue weighted by Gasteiger charge is 2.53. The van der Waals surface area contributed by atoms with Crippen molar-refractivity contribution in [3.05, 3.63) is 59.4 Å². The topological polar surface area (TPSA) is 119 Å². The molecule has 0 unspecified atom stereocenters. The van der Waals surface area contributed by atoms with Gasteiger partial charge in [0.15, 0.2) is 0 Å². The maximum atomic E-state index is 14.3. The number of nitrogens with one attached hydrogen (secondary N) is 2. The van der Waals surface area contributed by atoms with Crippen LogP contribution in [0.2, 0.25) is 0 Å². The fourth-order valence-corrected chi connectivity index (χ4v) is 6.08. The van der Waals surface area contributed by atoms with Crippen LogP contribution in [0.4, 0.5) is 28.9 Å². The summed E-state index contributed by atoms with van der Waals surface area (Å²) >= 11 is 0. The molecule has 15 heteroatoms. The van der Waals surface area contributed by atoms with Crippen LogP contribution in [0.15, 0.2) is 42.5 Å². The van der Waals surface area contributed by atoms with Gasteiger partial charge in [-0.2, -0.15) is 13.2 Å². The van der Waals surface area contributed by atoms with Crippen LogP contribution in [0.1, 0.15) is 42.6 Å². The molecular weight excluding hydrogens is 594 g/mol. The molecule has 0 bridgehead atoms. The van der Waals surface area contributed by atoms with Gasteiger partial charge in [0.05, 0.1) is 24.1 Å². The number of halogens is 4. The number of amides is 3. The maximum absolute atomic E-state index is 14.3. The Hall–Kier alpha value is -3.88. The number of rotatable bonds is 7.